The van der Waals surface area contributed by atoms with E-state index < -0.39 is 29.3 Å². The number of aromatic nitrogens is 1. The van der Waals surface area contributed by atoms with Crippen molar-refractivity contribution in [1.29, 1.82) is 0 Å². The van der Waals surface area contributed by atoms with E-state index in [0.717, 1.165) is 15.8 Å². The molecule has 1 saturated heterocycles. The van der Waals surface area contributed by atoms with Gasteiger partial charge in [0.1, 0.15) is 23.4 Å². The van der Waals surface area contributed by atoms with Crippen LogP contribution in [0.4, 0.5) is 9.52 Å². The van der Waals surface area contributed by atoms with Crippen LogP contribution < -0.4 is 9.64 Å². The SMILES string of the molecule is COc1ccc(C(O)=C2C(=O)C(=O)N(c3nc4c(C)cc(C)cc4s3)C2c2ccccc2F)cc1. The van der Waals surface area contributed by atoms with Gasteiger partial charge in [0.2, 0.25) is 0 Å². The van der Waals surface area contributed by atoms with Crippen LogP contribution in [0.15, 0.2) is 66.2 Å². The summed E-state index contributed by atoms with van der Waals surface area (Å²) in [7, 11) is 1.51. The first-order valence-corrected chi connectivity index (χ1v) is 11.7. The van der Waals surface area contributed by atoms with Gasteiger partial charge < -0.3 is 9.84 Å². The van der Waals surface area contributed by atoms with E-state index in [0.29, 0.717) is 16.8 Å². The average Bonchev–Trinajstić information content (AvgIpc) is 3.37. The fourth-order valence-corrected chi connectivity index (χ4v) is 5.56. The van der Waals surface area contributed by atoms with Gasteiger partial charge in [-0.1, -0.05) is 35.6 Å². The van der Waals surface area contributed by atoms with Gasteiger partial charge in [0.15, 0.2) is 5.13 Å². The lowest BCUT2D eigenvalue weighted by Gasteiger charge is -2.23. The van der Waals surface area contributed by atoms with Gasteiger partial charge in [0.25, 0.3) is 5.78 Å². The number of hydrogen-bond donors (Lipinski definition) is 1. The Morgan fingerprint density at radius 2 is 1.80 bits per heavy atom. The zero-order chi connectivity index (χ0) is 24.9. The zero-order valence-corrected chi connectivity index (χ0v) is 20.0. The summed E-state index contributed by atoms with van der Waals surface area (Å²) in [5.41, 5.74) is 2.88. The minimum atomic E-state index is -1.18. The first-order chi connectivity index (χ1) is 16.8. The van der Waals surface area contributed by atoms with Crippen LogP contribution in [0.25, 0.3) is 16.0 Å². The summed E-state index contributed by atoms with van der Waals surface area (Å²) >= 11 is 1.25. The molecule has 1 amide bonds. The second-order valence-electron chi connectivity index (χ2n) is 8.34. The summed E-state index contributed by atoms with van der Waals surface area (Å²) in [6.07, 6.45) is 0. The van der Waals surface area contributed by atoms with Gasteiger partial charge in [-0.05, 0) is 61.4 Å². The highest BCUT2D eigenvalue weighted by atomic mass is 32.1. The molecule has 0 aliphatic carbocycles. The Hall–Kier alpha value is -4.04. The minimum Gasteiger partial charge on any atom is -0.507 e. The molecule has 1 unspecified atom stereocenters. The predicted molar refractivity (Wildman–Crippen MR) is 133 cm³/mol. The highest BCUT2D eigenvalue weighted by Crippen LogP contribution is 2.45. The van der Waals surface area contributed by atoms with Gasteiger partial charge >= 0.3 is 5.91 Å². The van der Waals surface area contributed by atoms with E-state index >= 15 is 4.39 Å². The monoisotopic (exact) mass is 488 g/mol. The number of aliphatic hydroxyl groups is 1. The quantitative estimate of drug-likeness (QED) is 0.227. The van der Waals surface area contributed by atoms with Crippen molar-refractivity contribution < 1.29 is 23.8 Å². The number of ketones is 1. The van der Waals surface area contributed by atoms with Gasteiger partial charge in [-0.25, -0.2) is 9.37 Å². The van der Waals surface area contributed by atoms with E-state index in [4.69, 9.17) is 4.74 Å². The molecule has 1 aliphatic rings. The third-order valence-corrected chi connectivity index (χ3v) is 7.03. The summed E-state index contributed by atoms with van der Waals surface area (Å²) < 4.78 is 21.1. The van der Waals surface area contributed by atoms with Crippen molar-refractivity contribution in [3.05, 3.63) is 94.3 Å². The van der Waals surface area contributed by atoms with Crippen molar-refractivity contribution in [3.63, 3.8) is 0 Å². The van der Waals surface area contributed by atoms with E-state index in [1.807, 2.05) is 26.0 Å². The molecule has 0 bridgehead atoms. The van der Waals surface area contributed by atoms with Gasteiger partial charge in [-0.2, -0.15) is 0 Å². The number of hydrogen-bond acceptors (Lipinski definition) is 6. The lowest BCUT2D eigenvalue weighted by Crippen LogP contribution is -2.29. The molecule has 5 rings (SSSR count). The molecular formula is C27H21FN2O4S. The number of aliphatic hydroxyl groups excluding tert-OH is 1. The maximum Gasteiger partial charge on any atom is 0.301 e. The van der Waals surface area contributed by atoms with Crippen molar-refractivity contribution in [2.75, 3.05) is 12.0 Å². The standard InChI is InChI=1S/C27H21FN2O4S/c1-14-12-15(2)22-20(13-14)35-27(29-22)30-23(18-6-4-5-7-19(18)28)21(25(32)26(30)33)24(31)16-8-10-17(34-3)11-9-16/h4-13,23,31H,1-3H3. The Morgan fingerprint density at radius 3 is 2.49 bits per heavy atom. The lowest BCUT2D eigenvalue weighted by molar-refractivity contribution is -0.132. The molecule has 35 heavy (non-hydrogen) atoms. The zero-order valence-electron chi connectivity index (χ0n) is 19.2. The van der Waals surface area contributed by atoms with Crippen LogP contribution in [0.2, 0.25) is 0 Å². The number of thiazole rings is 1. The Morgan fingerprint density at radius 1 is 1.09 bits per heavy atom. The summed E-state index contributed by atoms with van der Waals surface area (Å²) in [6.45, 7) is 3.89. The number of nitrogens with zero attached hydrogens (tertiary/aromatic N) is 2. The van der Waals surface area contributed by atoms with Gasteiger partial charge in [0, 0.05) is 11.1 Å². The third-order valence-electron chi connectivity index (χ3n) is 6.03. The number of ether oxygens (including phenoxy) is 1. The molecule has 176 valence electrons. The Labute approximate surface area is 204 Å². The maximum absolute atomic E-state index is 15.1. The number of Topliss-reactive ketones (excluding diaryl/α,β-unsaturated/α-hetero) is 1. The summed E-state index contributed by atoms with van der Waals surface area (Å²) in [5.74, 6) is -2.21. The van der Waals surface area contributed by atoms with Crippen LogP contribution in [-0.4, -0.2) is 28.9 Å². The topological polar surface area (TPSA) is 79.7 Å². The highest BCUT2D eigenvalue weighted by Gasteiger charge is 2.49. The number of anilines is 1. The summed E-state index contributed by atoms with van der Waals surface area (Å²) in [6, 6.07) is 15.1. The molecule has 1 aromatic heterocycles. The molecule has 0 radical (unpaired) electrons. The van der Waals surface area contributed by atoms with Crippen LogP contribution in [0.1, 0.15) is 28.3 Å². The molecule has 1 atom stereocenters. The number of amides is 1. The molecule has 2 heterocycles. The Kier molecular flexibility index (Phi) is 5.61. The Balaban J connectivity index is 1.74. The lowest BCUT2D eigenvalue weighted by atomic mass is 9.95. The van der Waals surface area contributed by atoms with Crippen LogP contribution in [0.5, 0.6) is 5.75 Å². The fourth-order valence-electron chi connectivity index (χ4n) is 4.39. The highest BCUT2D eigenvalue weighted by molar-refractivity contribution is 7.22. The van der Waals surface area contributed by atoms with Crippen molar-refractivity contribution in [2.24, 2.45) is 0 Å². The maximum atomic E-state index is 15.1. The first kappa shape index (κ1) is 22.7. The predicted octanol–water partition coefficient (Wildman–Crippen LogP) is 5.69. The molecule has 1 fully saturated rings. The van der Waals surface area contributed by atoms with Crippen LogP contribution in [-0.2, 0) is 9.59 Å². The number of rotatable bonds is 4. The smallest absolute Gasteiger partial charge is 0.301 e. The second kappa shape index (κ2) is 8.63. The van der Waals surface area contributed by atoms with E-state index in [-0.39, 0.29) is 16.3 Å². The minimum absolute atomic E-state index is 0.0916. The third kappa shape index (κ3) is 3.76. The van der Waals surface area contributed by atoms with E-state index in [9.17, 15) is 14.7 Å². The number of carbonyl (C=O) groups is 2. The van der Waals surface area contributed by atoms with Crippen LogP contribution in [0.3, 0.4) is 0 Å². The largest absolute Gasteiger partial charge is 0.507 e. The molecule has 8 heteroatoms. The average molecular weight is 489 g/mol. The second-order valence-corrected chi connectivity index (χ2v) is 9.35. The molecule has 4 aromatic rings. The van der Waals surface area contributed by atoms with Crippen LogP contribution in [0, 0.1) is 19.7 Å². The Bertz CT molecular complexity index is 1520. The van der Waals surface area contributed by atoms with Crippen molar-refractivity contribution in [1.82, 2.24) is 4.98 Å². The van der Waals surface area contributed by atoms with Gasteiger partial charge in [-0.3, -0.25) is 14.5 Å². The van der Waals surface area contributed by atoms with Gasteiger partial charge in [-0.15, -0.1) is 0 Å². The van der Waals surface area contributed by atoms with E-state index in [1.54, 1.807) is 30.3 Å². The number of benzene rings is 3. The molecule has 0 saturated carbocycles. The first-order valence-electron chi connectivity index (χ1n) is 10.9. The number of fused-ring (bicyclic) bond motifs is 1. The normalized spacial score (nSPS) is 17.4. The fraction of sp³-hybridized carbons (Fsp3) is 0.148. The molecular weight excluding hydrogens is 467 g/mol. The number of carbonyl (C=O) groups excluding carboxylic acids is 2. The molecule has 3 aromatic carbocycles. The number of halogens is 1. The molecule has 1 aliphatic heterocycles. The summed E-state index contributed by atoms with van der Waals surface area (Å²) in [5, 5.41) is 11.4. The van der Waals surface area contributed by atoms with E-state index in [2.05, 4.69) is 4.98 Å². The summed E-state index contributed by atoms with van der Waals surface area (Å²) in [4.78, 5) is 32.4. The van der Waals surface area contributed by atoms with Crippen molar-refractivity contribution >= 4 is 44.1 Å². The molecule has 6 nitrogen and oxygen atoms in total. The molecule has 1 N–H and O–H groups in total. The van der Waals surface area contributed by atoms with Crippen molar-refractivity contribution in [2.45, 2.75) is 19.9 Å². The van der Waals surface area contributed by atoms with E-state index in [1.165, 1.54) is 41.5 Å². The van der Waals surface area contributed by atoms with Crippen molar-refractivity contribution in [3.8, 4) is 5.75 Å². The van der Waals surface area contributed by atoms with Crippen LogP contribution >= 0.6 is 11.3 Å². The molecule has 0 spiro atoms. The number of aryl methyl sites for hydroxylation is 2. The van der Waals surface area contributed by atoms with Gasteiger partial charge in [0.05, 0.1) is 22.9 Å². The number of methoxy groups -OCH3 is 1.